The van der Waals surface area contributed by atoms with E-state index in [1.54, 1.807) is 0 Å². The smallest absolute Gasteiger partial charge is 0.303 e. The minimum absolute atomic E-state index is 0.102. The van der Waals surface area contributed by atoms with E-state index in [-0.39, 0.29) is 22.9 Å². The van der Waals surface area contributed by atoms with E-state index in [0.717, 1.165) is 38.5 Å². The second-order valence-corrected chi connectivity index (χ2v) is 6.80. The van der Waals surface area contributed by atoms with Crippen molar-refractivity contribution in [2.24, 2.45) is 22.8 Å². The Kier molecular flexibility index (Phi) is 1.84. The summed E-state index contributed by atoms with van der Waals surface area (Å²) in [5.74, 6) is -0.139. The van der Waals surface area contributed by atoms with Gasteiger partial charge in [-0.25, -0.2) is 0 Å². The highest BCUT2D eigenvalue weighted by atomic mass is 16.4. The van der Waals surface area contributed by atoms with Gasteiger partial charge in [0.25, 0.3) is 0 Å². The second kappa shape index (κ2) is 2.79. The Balaban J connectivity index is 1.95. The molecule has 2 unspecified atom stereocenters. The van der Waals surface area contributed by atoms with Crippen molar-refractivity contribution < 1.29 is 9.90 Å². The van der Waals surface area contributed by atoms with Gasteiger partial charge in [0, 0.05) is 11.1 Å². The Bertz CT molecular complexity index is 337. The molecule has 0 aliphatic heterocycles. The van der Waals surface area contributed by atoms with Crippen LogP contribution in [0.15, 0.2) is 0 Å². The lowest BCUT2D eigenvalue weighted by Gasteiger charge is -2.64. The molecule has 90 valence electrons. The second-order valence-electron chi connectivity index (χ2n) is 6.80. The van der Waals surface area contributed by atoms with Crippen LogP contribution in [0.1, 0.15) is 44.9 Å². The van der Waals surface area contributed by atoms with E-state index in [2.05, 4.69) is 0 Å². The van der Waals surface area contributed by atoms with Crippen LogP contribution in [-0.2, 0) is 4.79 Å². The number of carbonyl (C=O) groups is 1. The molecule has 0 aromatic carbocycles. The number of hydrogen-bond donors (Lipinski definition) is 3. The fraction of sp³-hybridized carbons (Fsp3) is 0.917. The molecule has 0 heterocycles. The molecule has 4 aliphatic rings. The fourth-order valence-corrected chi connectivity index (χ4v) is 5.31. The summed E-state index contributed by atoms with van der Waals surface area (Å²) in [4.78, 5) is 11.0. The Morgan fingerprint density at radius 1 is 1.12 bits per heavy atom. The Morgan fingerprint density at radius 3 is 2.12 bits per heavy atom. The zero-order valence-electron chi connectivity index (χ0n) is 9.54. The summed E-state index contributed by atoms with van der Waals surface area (Å²) in [6.45, 7) is 0. The summed E-state index contributed by atoms with van der Waals surface area (Å²) in [5, 5.41) is 9.06. The van der Waals surface area contributed by atoms with Crippen LogP contribution in [0.4, 0.5) is 0 Å². The van der Waals surface area contributed by atoms with Crippen molar-refractivity contribution in [2.75, 3.05) is 0 Å². The van der Waals surface area contributed by atoms with Crippen LogP contribution in [0.3, 0.4) is 0 Å². The average Bonchev–Trinajstić information content (AvgIpc) is 1.91. The van der Waals surface area contributed by atoms with E-state index in [9.17, 15) is 4.79 Å². The summed E-state index contributed by atoms with van der Waals surface area (Å²) < 4.78 is 0. The molecule has 4 nitrogen and oxygen atoms in total. The molecule has 0 aromatic heterocycles. The molecule has 4 rings (SSSR count). The number of hydrogen-bond acceptors (Lipinski definition) is 3. The van der Waals surface area contributed by atoms with Gasteiger partial charge in [0.05, 0.1) is 6.42 Å². The van der Waals surface area contributed by atoms with Crippen LogP contribution >= 0.6 is 0 Å². The lowest BCUT2D eigenvalue weighted by atomic mass is 9.44. The third-order valence-electron chi connectivity index (χ3n) is 4.80. The number of carboxylic acid groups (broad SMARTS) is 1. The summed E-state index contributed by atoms with van der Waals surface area (Å²) in [6, 6.07) is 0. The standard InChI is InChI=1S/C12H20N2O2/c13-11-2-8-1-10(5-11,4-9(15)16)6-12(14,3-8)7-11/h8H,1-7,13-14H2,(H,15,16). The van der Waals surface area contributed by atoms with E-state index in [1.807, 2.05) is 0 Å². The maximum Gasteiger partial charge on any atom is 0.303 e. The Hall–Kier alpha value is -0.610. The van der Waals surface area contributed by atoms with Crippen LogP contribution < -0.4 is 11.5 Å². The van der Waals surface area contributed by atoms with Crippen molar-refractivity contribution in [3.05, 3.63) is 0 Å². The normalized spacial score (nSPS) is 54.2. The van der Waals surface area contributed by atoms with Gasteiger partial charge in [0.1, 0.15) is 0 Å². The maximum absolute atomic E-state index is 11.0. The predicted molar refractivity (Wildman–Crippen MR) is 59.7 cm³/mol. The third-order valence-corrected chi connectivity index (χ3v) is 4.80. The maximum atomic E-state index is 11.0. The van der Waals surface area contributed by atoms with Gasteiger partial charge in [-0.05, 0) is 49.9 Å². The molecule has 2 atom stereocenters. The van der Waals surface area contributed by atoms with E-state index in [1.165, 1.54) is 0 Å². The lowest BCUT2D eigenvalue weighted by molar-refractivity contribution is -0.147. The number of carboxylic acids is 1. The molecule has 4 heteroatoms. The van der Waals surface area contributed by atoms with Crippen LogP contribution in [0, 0.1) is 11.3 Å². The van der Waals surface area contributed by atoms with E-state index >= 15 is 0 Å². The first kappa shape index (κ1) is 10.5. The highest BCUT2D eigenvalue weighted by molar-refractivity contribution is 5.68. The fourth-order valence-electron chi connectivity index (χ4n) is 5.31. The quantitative estimate of drug-likeness (QED) is 0.648. The lowest BCUT2D eigenvalue weighted by Crippen LogP contribution is -2.69. The molecule has 4 fully saturated rings. The van der Waals surface area contributed by atoms with Gasteiger partial charge in [0.15, 0.2) is 0 Å². The summed E-state index contributed by atoms with van der Waals surface area (Å²) in [7, 11) is 0. The van der Waals surface area contributed by atoms with Gasteiger partial charge < -0.3 is 16.6 Å². The zero-order valence-corrected chi connectivity index (χ0v) is 9.54. The van der Waals surface area contributed by atoms with Crippen molar-refractivity contribution in [1.29, 1.82) is 0 Å². The van der Waals surface area contributed by atoms with Crippen molar-refractivity contribution in [2.45, 2.75) is 56.0 Å². The molecule has 0 amide bonds. The summed E-state index contributed by atoms with van der Waals surface area (Å²) in [6.07, 6.45) is 5.99. The molecule has 16 heavy (non-hydrogen) atoms. The third kappa shape index (κ3) is 1.47. The minimum atomic E-state index is -0.700. The zero-order chi connectivity index (χ0) is 11.6. The van der Waals surface area contributed by atoms with Gasteiger partial charge >= 0.3 is 5.97 Å². The first-order chi connectivity index (χ1) is 7.32. The molecule has 0 radical (unpaired) electrons. The number of rotatable bonds is 2. The Morgan fingerprint density at radius 2 is 1.69 bits per heavy atom. The molecule has 5 N–H and O–H groups in total. The SMILES string of the molecule is NC12CC3CC(N)(C1)CC(CC(=O)O)(C3)C2. The van der Waals surface area contributed by atoms with E-state index in [0.29, 0.717) is 5.92 Å². The van der Waals surface area contributed by atoms with Crippen LogP contribution in [0.25, 0.3) is 0 Å². The van der Waals surface area contributed by atoms with Gasteiger partial charge in [-0.3, -0.25) is 4.79 Å². The topological polar surface area (TPSA) is 89.3 Å². The van der Waals surface area contributed by atoms with Crippen molar-refractivity contribution in [1.82, 2.24) is 0 Å². The van der Waals surface area contributed by atoms with Gasteiger partial charge in [0.2, 0.25) is 0 Å². The van der Waals surface area contributed by atoms with Crippen molar-refractivity contribution >= 4 is 5.97 Å². The van der Waals surface area contributed by atoms with E-state index in [4.69, 9.17) is 16.6 Å². The summed E-state index contributed by atoms with van der Waals surface area (Å²) in [5.41, 5.74) is 12.3. The highest BCUT2D eigenvalue weighted by Crippen LogP contribution is 2.62. The number of nitrogens with two attached hydrogens (primary N) is 2. The average molecular weight is 224 g/mol. The Labute approximate surface area is 95.4 Å². The molecular weight excluding hydrogens is 204 g/mol. The molecule has 0 saturated heterocycles. The van der Waals surface area contributed by atoms with Gasteiger partial charge in [-0.1, -0.05) is 0 Å². The van der Waals surface area contributed by atoms with Crippen LogP contribution in [-0.4, -0.2) is 22.2 Å². The molecule has 0 aromatic rings. The largest absolute Gasteiger partial charge is 0.481 e. The predicted octanol–water partition coefficient (Wildman–Crippen LogP) is 0.840. The molecule has 0 spiro atoms. The number of aliphatic carboxylic acids is 1. The van der Waals surface area contributed by atoms with Crippen LogP contribution in [0.2, 0.25) is 0 Å². The monoisotopic (exact) mass is 224 g/mol. The minimum Gasteiger partial charge on any atom is -0.481 e. The summed E-state index contributed by atoms with van der Waals surface area (Å²) >= 11 is 0. The highest BCUT2D eigenvalue weighted by Gasteiger charge is 2.61. The first-order valence-electron chi connectivity index (χ1n) is 6.12. The molecular formula is C12H20N2O2. The van der Waals surface area contributed by atoms with E-state index < -0.39 is 5.97 Å². The van der Waals surface area contributed by atoms with Gasteiger partial charge in [-0.15, -0.1) is 0 Å². The van der Waals surface area contributed by atoms with Crippen molar-refractivity contribution in [3.8, 4) is 0 Å². The molecule has 4 bridgehead atoms. The molecule has 4 aliphatic carbocycles. The molecule has 4 saturated carbocycles. The van der Waals surface area contributed by atoms with Crippen molar-refractivity contribution in [3.63, 3.8) is 0 Å². The van der Waals surface area contributed by atoms with Gasteiger partial charge in [-0.2, -0.15) is 0 Å². The first-order valence-corrected chi connectivity index (χ1v) is 6.12. The van der Waals surface area contributed by atoms with Crippen LogP contribution in [0.5, 0.6) is 0 Å².